The lowest BCUT2D eigenvalue weighted by atomic mass is 9.89. The van der Waals surface area contributed by atoms with Gasteiger partial charge in [0, 0.05) is 16.0 Å². The average Bonchev–Trinajstić information content (AvgIpc) is 3.54. The van der Waals surface area contributed by atoms with E-state index in [0.29, 0.717) is 6.04 Å². The van der Waals surface area contributed by atoms with E-state index in [-0.39, 0.29) is 0 Å². The number of nitrogens with one attached hydrogen (secondary N) is 1. The standard InChI is InChI=1S/C29H30N6S/c1-20-12-13-24-23(18-20)25-27-30-19-31-35(27)29(32-28(25)36-24)34-16-14-33(15-17-34)26(21-8-4-2-5-9-21)22-10-6-3-7-11-22/h2-11,19-20,26H,12-18H2,1H3/p+1/t20-/m0/s1. The van der Waals surface area contributed by atoms with Crippen LogP contribution >= 0.6 is 11.3 Å². The van der Waals surface area contributed by atoms with Crippen molar-refractivity contribution in [2.75, 3.05) is 31.1 Å². The predicted molar refractivity (Wildman–Crippen MR) is 145 cm³/mol. The molecule has 182 valence electrons. The topological polar surface area (TPSA) is 50.8 Å². The van der Waals surface area contributed by atoms with Gasteiger partial charge < -0.3 is 9.80 Å². The van der Waals surface area contributed by atoms with Crippen LogP contribution in [0.4, 0.5) is 5.95 Å². The maximum Gasteiger partial charge on any atom is 0.230 e. The van der Waals surface area contributed by atoms with E-state index in [1.165, 1.54) is 33.4 Å². The van der Waals surface area contributed by atoms with E-state index in [9.17, 15) is 0 Å². The number of hydrogen-bond donors (Lipinski definition) is 1. The van der Waals surface area contributed by atoms with Crippen molar-refractivity contribution in [3.8, 4) is 0 Å². The van der Waals surface area contributed by atoms with Gasteiger partial charge in [-0.05, 0) is 30.7 Å². The fraction of sp³-hybridized carbons (Fsp3) is 0.345. The normalized spacial score (nSPS) is 18.8. The van der Waals surface area contributed by atoms with Crippen molar-refractivity contribution in [1.82, 2.24) is 19.6 Å². The highest BCUT2D eigenvalue weighted by Gasteiger charge is 2.32. The average molecular weight is 496 g/mol. The summed E-state index contributed by atoms with van der Waals surface area (Å²) in [5, 5.41) is 5.88. The molecule has 0 amide bonds. The molecule has 2 aliphatic rings. The summed E-state index contributed by atoms with van der Waals surface area (Å²) < 4.78 is 1.99. The molecule has 4 heterocycles. The van der Waals surface area contributed by atoms with E-state index in [2.05, 4.69) is 77.6 Å². The molecule has 36 heavy (non-hydrogen) atoms. The van der Waals surface area contributed by atoms with Gasteiger partial charge in [0.05, 0.1) is 31.6 Å². The molecular formula is C29H31N6S+. The number of aromatic nitrogens is 4. The molecule has 1 N–H and O–H groups in total. The summed E-state index contributed by atoms with van der Waals surface area (Å²) in [5.74, 6) is 1.66. The quantitative estimate of drug-likeness (QED) is 0.410. The smallest absolute Gasteiger partial charge is 0.230 e. The van der Waals surface area contributed by atoms with Crippen LogP contribution in [-0.4, -0.2) is 45.8 Å². The van der Waals surface area contributed by atoms with E-state index < -0.39 is 0 Å². The summed E-state index contributed by atoms with van der Waals surface area (Å²) in [5.41, 5.74) is 5.20. The number of nitrogens with zero attached hydrogens (tertiary/aromatic N) is 5. The van der Waals surface area contributed by atoms with Gasteiger partial charge in [0.2, 0.25) is 5.95 Å². The van der Waals surface area contributed by atoms with E-state index >= 15 is 0 Å². The van der Waals surface area contributed by atoms with Crippen LogP contribution in [0.1, 0.15) is 41.0 Å². The van der Waals surface area contributed by atoms with Gasteiger partial charge in [0.1, 0.15) is 17.2 Å². The van der Waals surface area contributed by atoms with Crippen LogP contribution < -0.4 is 9.80 Å². The number of aryl methyl sites for hydroxylation is 1. The Morgan fingerprint density at radius 3 is 2.36 bits per heavy atom. The van der Waals surface area contributed by atoms with Gasteiger partial charge in [-0.25, -0.2) is 9.97 Å². The minimum Gasteiger partial charge on any atom is -0.329 e. The molecule has 0 bridgehead atoms. The molecule has 7 heteroatoms. The summed E-state index contributed by atoms with van der Waals surface area (Å²) in [4.78, 5) is 16.6. The first-order valence-electron chi connectivity index (χ1n) is 13.1. The molecule has 6 nitrogen and oxygen atoms in total. The summed E-state index contributed by atoms with van der Waals surface area (Å²) in [6.45, 7) is 6.34. The SMILES string of the molecule is C[C@H]1CCc2sc3nc(N4CC[NH+](C(c5ccccc5)c5ccccc5)CC4)n4ncnc4c3c2C1. The molecule has 1 aliphatic carbocycles. The van der Waals surface area contributed by atoms with Crippen LogP contribution in [0.15, 0.2) is 67.0 Å². The van der Waals surface area contributed by atoms with Crippen LogP contribution in [0.25, 0.3) is 15.9 Å². The monoisotopic (exact) mass is 495 g/mol. The molecular weight excluding hydrogens is 464 g/mol. The molecule has 1 aliphatic heterocycles. The maximum absolute atomic E-state index is 5.21. The third-order valence-electron chi connectivity index (χ3n) is 8.01. The Morgan fingerprint density at radius 2 is 1.67 bits per heavy atom. The van der Waals surface area contributed by atoms with Crippen LogP contribution in [0.5, 0.6) is 0 Å². The fourth-order valence-corrected chi connectivity index (χ4v) is 7.40. The Kier molecular flexibility index (Phi) is 5.47. The lowest BCUT2D eigenvalue weighted by molar-refractivity contribution is -0.926. The Hall–Kier alpha value is -3.29. The Balaban J connectivity index is 1.21. The second-order valence-electron chi connectivity index (χ2n) is 10.3. The van der Waals surface area contributed by atoms with E-state index in [1.807, 2.05) is 15.9 Å². The van der Waals surface area contributed by atoms with Crippen molar-refractivity contribution in [1.29, 1.82) is 0 Å². The molecule has 0 radical (unpaired) electrons. The molecule has 2 aromatic carbocycles. The number of thiophene rings is 1. The van der Waals surface area contributed by atoms with Crippen molar-refractivity contribution < 1.29 is 4.90 Å². The molecule has 5 aromatic rings. The van der Waals surface area contributed by atoms with Gasteiger partial charge >= 0.3 is 0 Å². The summed E-state index contributed by atoms with van der Waals surface area (Å²) >= 11 is 1.87. The van der Waals surface area contributed by atoms with E-state index in [0.717, 1.165) is 61.4 Å². The predicted octanol–water partition coefficient (Wildman–Crippen LogP) is 3.96. The first-order chi connectivity index (χ1) is 17.8. The summed E-state index contributed by atoms with van der Waals surface area (Å²) in [7, 11) is 0. The lowest BCUT2D eigenvalue weighted by Crippen LogP contribution is -3.15. The van der Waals surface area contributed by atoms with Gasteiger partial charge in [0.25, 0.3) is 0 Å². The zero-order valence-corrected chi connectivity index (χ0v) is 21.4. The highest BCUT2D eigenvalue weighted by atomic mass is 32.1. The van der Waals surface area contributed by atoms with Crippen molar-refractivity contribution in [2.45, 2.75) is 32.2 Å². The number of benzene rings is 2. The zero-order valence-electron chi connectivity index (χ0n) is 20.6. The first-order valence-corrected chi connectivity index (χ1v) is 13.9. The molecule has 1 atom stereocenters. The molecule has 0 saturated carbocycles. The molecule has 1 fully saturated rings. The Morgan fingerprint density at radius 1 is 0.972 bits per heavy atom. The molecule has 3 aromatic heterocycles. The van der Waals surface area contributed by atoms with Gasteiger partial charge in [0.15, 0.2) is 5.65 Å². The van der Waals surface area contributed by atoms with Crippen molar-refractivity contribution >= 4 is 33.1 Å². The molecule has 7 rings (SSSR count). The van der Waals surface area contributed by atoms with E-state index in [1.54, 1.807) is 11.2 Å². The minimum absolute atomic E-state index is 0.336. The number of quaternary nitrogens is 1. The second-order valence-corrected chi connectivity index (χ2v) is 11.4. The molecule has 0 spiro atoms. The number of anilines is 1. The number of piperazine rings is 1. The van der Waals surface area contributed by atoms with Crippen molar-refractivity contribution in [3.63, 3.8) is 0 Å². The Bertz CT molecular complexity index is 1460. The lowest BCUT2D eigenvalue weighted by Gasteiger charge is -2.37. The largest absolute Gasteiger partial charge is 0.329 e. The summed E-state index contributed by atoms with van der Waals surface area (Å²) in [6, 6.07) is 22.2. The van der Waals surface area contributed by atoms with Crippen LogP contribution in [0, 0.1) is 5.92 Å². The van der Waals surface area contributed by atoms with Crippen LogP contribution in [0.3, 0.4) is 0 Å². The fourth-order valence-electron chi connectivity index (χ4n) is 6.19. The zero-order chi connectivity index (χ0) is 24.1. The molecule has 1 saturated heterocycles. The van der Waals surface area contributed by atoms with Gasteiger partial charge in [-0.2, -0.15) is 9.61 Å². The number of hydrogen-bond acceptors (Lipinski definition) is 5. The highest BCUT2D eigenvalue weighted by Crippen LogP contribution is 2.39. The third-order valence-corrected chi connectivity index (χ3v) is 9.20. The van der Waals surface area contributed by atoms with Crippen molar-refractivity contribution in [3.05, 3.63) is 88.6 Å². The van der Waals surface area contributed by atoms with Gasteiger partial charge in [-0.3, -0.25) is 0 Å². The number of fused-ring (bicyclic) bond motifs is 5. The first kappa shape index (κ1) is 21.9. The molecule has 0 unspecified atom stereocenters. The Labute approximate surface area is 215 Å². The van der Waals surface area contributed by atoms with Crippen molar-refractivity contribution in [2.24, 2.45) is 5.92 Å². The maximum atomic E-state index is 5.21. The second kappa shape index (κ2) is 8.98. The highest BCUT2D eigenvalue weighted by molar-refractivity contribution is 7.19. The van der Waals surface area contributed by atoms with E-state index in [4.69, 9.17) is 9.97 Å². The van der Waals surface area contributed by atoms with Gasteiger partial charge in [-0.15, -0.1) is 11.3 Å². The third kappa shape index (κ3) is 3.69. The van der Waals surface area contributed by atoms with Gasteiger partial charge in [-0.1, -0.05) is 67.6 Å². The number of rotatable bonds is 4. The van der Waals surface area contributed by atoms with Crippen LogP contribution in [-0.2, 0) is 12.8 Å². The van der Waals surface area contributed by atoms with Crippen LogP contribution in [0.2, 0.25) is 0 Å². The summed E-state index contributed by atoms with van der Waals surface area (Å²) in [6.07, 6.45) is 5.25. The minimum atomic E-state index is 0.336.